The lowest BCUT2D eigenvalue weighted by Gasteiger charge is -2.26. The number of hydrogen-bond acceptors (Lipinski definition) is 4. The van der Waals surface area contributed by atoms with Gasteiger partial charge in [0.15, 0.2) is 0 Å². The molecule has 0 aromatic carbocycles. The largest absolute Gasteiger partial charge is 0.456 e. The Morgan fingerprint density at radius 2 is 1.69 bits per heavy atom. The predicted octanol–water partition coefficient (Wildman–Crippen LogP) is 2.81. The summed E-state index contributed by atoms with van der Waals surface area (Å²) < 4.78 is 5.37. The maximum absolute atomic E-state index is 11.9. The van der Waals surface area contributed by atoms with Crippen LogP contribution < -0.4 is 0 Å². The van der Waals surface area contributed by atoms with Crippen LogP contribution in [0.15, 0.2) is 0 Å². The molecule has 0 aliphatic carbocycles. The molecule has 1 saturated heterocycles. The molecule has 0 spiro atoms. The summed E-state index contributed by atoms with van der Waals surface area (Å²) in [4.78, 5) is 21.6. The van der Waals surface area contributed by atoms with E-state index in [1.54, 1.807) is 0 Å². The van der Waals surface area contributed by atoms with Crippen molar-refractivity contribution < 1.29 is 19.3 Å². The van der Waals surface area contributed by atoms with E-state index in [1.165, 1.54) is 0 Å². The lowest BCUT2D eigenvalue weighted by Crippen LogP contribution is -2.37. The highest BCUT2D eigenvalue weighted by atomic mass is 17.4. The van der Waals surface area contributed by atoms with Crippen LogP contribution in [0.25, 0.3) is 0 Å². The summed E-state index contributed by atoms with van der Waals surface area (Å²) >= 11 is 0. The van der Waals surface area contributed by atoms with E-state index < -0.39 is 17.4 Å². The first-order chi connectivity index (χ1) is 7.10. The van der Waals surface area contributed by atoms with Crippen LogP contribution in [0.3, 0.4) is 0 Å². The van der Waals surface area contributed by atoms with E-state index in [4.69, 9.17) is 14.5 Å². The number of hydrogen-bond donors (Lipinski definition) is 0. The van der Waals surface area contributed by atoms with Crippen molar-refractivity contribution in [1.29, 1.82) is 0 Å². The van der Waals surface area contributed by atoms with Crippen molar-refractivity contribution in [3.05, 3.63) is 0 Å². The van der Waals surface area contributed by atoms with Gasteiger partial charge in [-0.15, -0.1) is 0 Å². The molecule has 94 valence electrons. The summed E-state index contributed by atoms with van der Waals surface area (Å²) in [5, 5.41) is 0. The summed E-state index contributed by atoms with van der Waals surface area (Å²) in [6, 6.07) is 0. The molecule has 4 heteroatoms. The van der Waals surface area contributed by atoms with Crippen molar-refractivity contribution in [3.63, 3.8) is 0 Å². The van der Waals surface area contributed by atoms with E-state index in [-0.39, 0.29) is 5.41 Å². The number of esters is 1. The van der Waals surface area contributed by atoms with Gasteiger partial charge < -0.3 is 4.74 Å². The molecule has 16 heavy (non-hydrogen) atoms. The number of carbonyl (C=O) groups excluding carboxylic acids is 1. The van der Waals surface area contributed by atoms with Crippen LogP contribution >= 0.6 is 0 Å². The molecule has 1 heterocycles. The Morgan fingerprint density at radius 3 is 2.00 bits per heavy atom. The Kier molecular flexibility index (Phi) is 3.37. The maximum atomic E-state index is 11.9. The van der Waals surface area contributed by atoms with Gasteiger partial charge in [-0.05, 0) is 25.7 Å². The second-order valence-corrected chi connectivity index (χ2v) is 6.16. The number of ether oxygens (including phenoxy) is 1. The topological polar surface area (TPSA) is 51.4 Å². The average molecular weight is 230 g/mol. The van der Waals surface area contributed by atoms with Crippen molar-refractivity contribution in [2.75, 3.05) is 0 Å². The Morgan fingerprint density at radius 1 is 1.19 bits per heavy atom. The second-order valence-electron chi connectivity index (χ2n) is 6.16. The molecule has 0 amide bonds. The van der Waals surface area contributed by atoms with E-state index in [9.17, 15) is 4.79 Å². The highest BCUT2D eigenvalue weighted by Gasteiger charge is 2.60. The molecule has 0 radical (unpaired) electrons. The summed E-state index contributed by atoms with van der Waals surface area (Å²) in [5.41, 5.74) is -0.525. The van der Waals surface area contributed by atoms with Crippen molar-refractivity contribution in [1.82, 2.24) is 0 Å². The van der Waals surface area contributed by atoms with Crippen molar-refractivity contribution in [2.45, 2.75) is 65.8 Å². The summed E-state index contributed by atoms with van der Waals surface area (Å²) in [6.07, 6.45) is 1.25. The van der Waals surface area contributed by atoms with Gasteiger partial charge in [0.2, 0.25) is 0 Å². The Labute approximate surface area is 97.2 Å². The summed E-state index contributed by atoms with van der Waals surface area (Å²) in [6.45, 7) is 11.8. The highest BCUT2D eigenvalue weighted by Crippen LogP contribution is 2.42. The lowest BCUT2D eigenvalue weighted by molar-refractivity contribution is -0.165. The minimum atomic E-state index is -1.16. The minimum Gasteiger partial charge on any atom is -0.456 e. The molecule has 4 nitrogen and oxygen atoms in total. The van der Waals surface area contributed by atoms with Gasteiger partial charge in [0.05, 0.1) is 0 Å². The van der Waals surface area contributed by atoms with E-state index >= 15 is 0 Å². The highest BCUT2D eigenvalue weighted by molar-refractivity contribution is 5.79. The first-order valence-electron chi connectivity index (χ1n) is 5.71. The number of carbonyl (C=O) groups is 1. The first-order valence-corrected chi connectivity index (χ1v) is 5.71. The van der Waals surface area contributed by atoms with Crippen LogP contribution in [-0.4, -0.2) is 17.4 Å². The van der Waals surface area contributed by atoms with E-state index in [0.717, 1.165) is 6.42 Å². The smallest absolute Gasteiger partial charge is 0.373 e. The fraction of sp³-hybridized carbons (Fsp3) is 0.917. The van der Waals surface area contributed by atoms with Gasteiger partial charge in [0.1, 0.15) is 5.60 Å². The van der Waals surface area contributed by atoms with Crippen LogP contribution in [-0.2, 0) is 19.3 Å². The van der Waals surface area contributed by atoms with E-state index in [1.807, 2.05) is 41.5 Å². The van der Waals surface area contributed by atoms with Crippen LogP contribution in [0.1, 0.15) is 54.4 Å². The molecule has 0 bridgehead atoms. The molecule has 1 aliphatic rings. The van der Waals surface area contributed by atoms with Gasteiger partial charge in [-0.1, -0.05) is 27.7 Å². The molecule has 0 saturated carbocycles. The SMILES string of the molecule is CCC(C)(C)OC(=O)C1(CC(C)(C)C)OO1. The third-order valence-electron chi connectivity index (χ3n) is 2.58. The Hall–Kier alpha value is -0.610. The molecular weight excluding hydrogens is 208 g/mol. The monoisotopic (exact) mass is 230 g/mol. The van der Waals surface area contributed by atoms with Crippen molar-refractivity contribution >= 4 is 5.97 Å². The molecule has 1 fully saturated rings. The Bertz CT molecular complexity index is 271. The zero-order valence-corrected chi connectivity index (χ0v) is 11.0. The molecule has 0 N–H and O–H groups in total. The quantitative estimate of drug-likeness (QED) is 0.423. The summed E-state index contributed by atoms with van der Waals surface area (Å²) in [7, 11) is 0. The average Bonchev–Trinajstić information content (AvgIpc) is 2.82. The standard InChI is InChI=1S/C12H22O4/c1-7-11(5,6)14-9(13)12(15-16-12)8-10(2,3)4/h7-8H2,1-6H3. The van der Waals surface area contributed by atoms with E-state index in [0.29, 0.717) is 6.42 Å². The van der Waals surface area contributed by atoms with Crippen molar-refractivity contribution in [2.24, 2.45) is 5.41 Å². The normalized spacial score (nSPS) is 19.4. The summed E-state index contributed by atoms with van der Waals surface area (Å²) in [5.74, 6) is -1.58. The third kappa shape index (κ3) is 3.46. The molecule has 0 atom stereocenters. The molecule has 0 aromatic rings. The van der Waals surface area contributed by atoms with Crippen LogP contribution in [0.4, 0.5) is 0 Å². The maximum Gasteiger partial charge on any atom is 0.373 e. The fourth-order valence-corrected chi connectivity index (χ4v) is 1.35. The number of rotatable bonds is 4. The molecule has 0 aromatic heterocycles. The van der Waals surface area contributed by atoms with Gasteiger partial charge in [0, 0.05) is 6.42 Å². The van der Waals surface area contributed by atoms with Crippen molar-refractivity contribution in [3.8, 4) is 0 Å². The molecule has 0 unspecified atom stereocenters. The fourth-order valence-electron chi connectivity index (χ4n) is 1.35. The van der Waals surface area contributed by atoms with Gasteiger partial charge in [0.25, 0.3) is 0 Å². The minimum absolute atomic E-state index is 0.0497. The van der Waals surface area contributed by atoms with Gasteiger partial charge in [-0.3, -0.25) is 0 Å². The van der Waals surface area contributed by atoms with Crippen LogP contribution in [0.2, 0.25) is 0 Å². The van der Waals surface area contributed by atoms with Crippen LogP contribution in [0, 0.1) is 5.41 Å². The zero-order valence-electron chi connectivity index (χ0n) is 11.0. The first kappa shape index (κ1) is 13.5. The van der Waals surface area contributed by atoms with Crippen LogP contribution in [0.5, 0.6) is 0 Å². The van der Waals surface area contributed by atoms with E-state index in [2.05, 4.69) is 0 Å². The molecular formula is C12H22O4. The molecule has 1 aliphatic heterocycles. The second kappa shape index (κ2) is 4.00. The van der Waals surface area contributed by atoms with Gasteiger partial charge >= 0.3 is 11.8 Å². The predicted molar refractivity (Wildman–Crippen MR) is 59.4 cm³/mol. The van der Waals surface area contributed by atoms with Gasteiger partial charge in [-0.2, -0.15) is 9.78 Å². The third-order valence-corrected chi connectivity index (χ3v) is 2.58. The lowest BCUT2D eigenvalue weighted by atomic mass is 9.88. The Balaban J connectivity index is 2.61. The van der Waals surface area contributed by atoms with Gasteiger partial charge in [-0.25, -0.2) is 4.79 Å². The molecule has 1 rings (SSSR count). The zero-order chi connectivity index (χ0) is 12.6.